The van der Waals surface area contributed by atoms with Crippen molar-refractivity contribution in [2.45, 2.75) is 26.3 Å². The van der Waals surface area contributed by atoms with Gasteiger partial charge in [0.1, 0.15) is 5.54 Å². The first-order valence-electron chi connectivity index (χ1n) is 6.04. The van der Waals surface area contributed by atoms with Crippen LogP contribution in [0.3, 0.4) is 0 Å². The first-order valence-corrected chi connectivity index (χ1v) is 6.04. The second kappa shape index (κ2) is 4.50. The van der Waals surface area contributed by atoms with E-state index in [1.54, 1.807) is 25.8 Å². The molecule has 2 rings (SSSR count). The molecule has 0 spiro atoms. The molecule has 0 bridgehead atoms. The summed E-state index contributed by atoms with van der Waals surface area (Å²) in [6, 6.07) is 7.55. The zero-order chi connectivity index (χ0) is 14.2. The van der Waals surface area contributed by atoms with Crippen molar-refractivity contribution in [1.29, 1.82) is 0 Å². The van der Waals surface area contributed by atoms with E-state index in [0.717, 1.165) is 16.7 Å². The van der Waals surface area contributed by atoms with Crippen LogP contribution in [0.2, 0.25) is 0 Å². The maximum absolute atomic E-state index is 11.3. The Hall–Kier alpha value is -2.17. The van der Waals surface area contributed by atoms with Crippen LogP contribution in [-0.4, -0.2) is 33.6 Å². The normalized spacial score (nSPS) is 11.6. The van der Waals surface area contributed by atoms with Crippen molar-refractivity contribution in [2.75, 3.05) is 11.9 Å². The van der Waals surface area contributed by atoms with Gasteiger partial charge in [0, 0.05) is 7.05 Å². The number of rotatable bonds is 3. The fourth-order valence-corrected chi connectivity index (χ4v) is 1.80. The lowest BCUT2D eigenvalue weighted by atomic mass is 10.0. The molecule has 0 aliphatic rings. The number of carboxylic acids is 1. The van der Waals surface area contributed by atoms with Crippen molar-refractivity contribution in [3.05, 3.63) is 30.0 Å². The number of aryl methyl sites for hydroxylation is 1. The number of carbonyl (C=O) groups is 1. The summed E-state index contributed by atoms with van der Waals surface area (Å²) in [5.41, 5.74) is 1.25. The van der Waals surface area contributed by atoms with E-state index in [0.29, 0.717) is 5.82 Å². The van der Waals surface area contributed by atoms with Crippen molar-refractivity contribution in [3.63, 3.8) is 0 Å². The number of benzene rings is 1. The van der Waals surface area contributed by atoms with E-state index in [-0.39, 0.29) is 0 Å². The van der Waals surface area contributed by atoms with Crippen LogP contribution in [0.5, 0.6) is 0 Å². The van der Waals surface area contributed by atoms with E-state index in [9.17, 15) is 9.90 Å². The number of fused-ring (bicyclic) bond motifs is 1. The number of hydrogen-bond acceptors (Lipinski definition) is 4. The average molecular weight is 259 g/mol. The van der Waals surface area contributed by atoms with Gasteiger partial charge in [0.05, 0.1) is 16.7 Å². The number of para-hydroxylation sites is 2. The summed E-state index contributed by atoms with van der Waals surface area (Å²) >= 11 is 0. The molecule has 1 N–H and O–H groups in total. The molecule has 1 aromatic heterocycles. The number of aromatic nitrogens is 2. The summed E-state index contributed by atoms with van der Waals surface area (Å²) in [7, 11) is 1.72. The molecule has 5 nitrogen and oxygen atoms in total. The summed E-state index contributed by atoms with van der Waals surface area (Å²) in [5.74, 6) is -0.310. The van der Waals surface area contributed by atoms with Crippen molar-refractivity contribution in [2.24, 2.45) is 0 Å². The van der Waals surface area contributed by atoms with Crippen molar-refractivity contribution in [3.8, 4) is 0 Å². The molecule has 1 heterocycles. The minimum Gasteiger partial charge on any atom is -0.480 e. The predicted octanol–water partition coefficient (Wildman–Crippen LogP) is 2.24. The van der Waals surface area contributed by atoms with Gasteiger partial charge in [-0.1, -0.05) is 12.1 Å². The molecule has 0 aliphatic heterocycles. The molecule has 0 radical (unpaired) electrons. The Morgan fingerprint density at radius 1 is 1.21 bits per heavy atom. The number of likely N-dealkylation sites (N-methyl/N-ethyl adjacent to an activating group) is 1. The third-order valence-corrected chi connectivity index (χ3v) is 3.40. The van der Waals surface area contributed by atoms with Crippen molar-refractivity contribution in [1.82, 2.24) is 9.97 Å². The Morgan fingerprint density at radius 2 is 1.74 bits per heavy atom. The van der Waals surface area contributed by atoms with Crippen LogP contribution in [0.4, 0.5) is 5.82 Å². The summed E-state index contributed by atoms with van der Waals surface area (Å²) in [6.07, 6.45) is 0. The molecule has 5 heteroatoms. The van der Waals surface area contributed by atoms with Crippen LogP contribution in [0, 0.1) is 6.92 Å². The Morgan fingerprint density at radius 3 is 2.26 bits per heavy atom. The number of hydrogen-bond donors (Lipinski definition) is 1. The standard InChI is InChI=1S/C14H17N3O2/c1-9-12(17(4)14(2,3)13(18)19)16-11-8-6-5-7-10(11)15-9/h5-8H,1-4H3,(H,18,19). The summed E-state index contributed by atoms with van der Waals surface area (Å²) < 4.78 is 0. The highest BCUT2D eigenvalue weighted by atomic mass is 16.4. The zero-order valence-corrected chi connectivity index (χ0v) is 11.5. The first kappa shape index (κ1) is 13.3. The lowest BCUT2D eigenvalue weighted by molar-refractivity contribution is -0.142. The van der Waals surface area contributed by atoms with Gasteiger partial charge < -0.3 is 10.0 Å². The van der Waals surface area contributed by atoms with Crippen molar-refractivity contribution < 1.29 is 9.90 Å². The van der Waals surface area contributed by atoms with E-state index in [1.807, 2.05) is 31.2 Å². The molecule has 0 atom stereocenters. The number of carboxylic acid groups (broad SMARTS) is 1. The van der Waals surface area contributed by atoms with Gasteiger partial charge in [0.15, 0.2) is 5.82 Å². The Balaban J connectivity index is 2.56. The van der Waals surface area contributed by atoms with Gasteiger partial charge >= 0.3 is 5.97 Å². The largest absolute Gasteiger partial charge is 0.480 e. The van der Waals surface area contributed by atoms with Crippen molar-refractivity contribution >= 4 is 22.8 Å². The van der Waals surface area contributed by atoms with E-state index >= 15 is 0 Å². The molecule has 19 heavy (non-hydrogen) atoms. The second-order valence-corrected chi connectivity index (χ2v) is 5.04. The first-order chi connectivity index (χ1) is 8.84. The Kier molecular flexibility index (Phi) is 3.14. The molecule has 0 aliphatic carbocycles. The SMILES string of the molecule is Cc1nc2ccccc2nc1N(C)C(C)(C)C(=O)O. The molecule has 0 unspecified atom stereocenters. The molecular weight excluding hydrogens is 242 g/mol. The summed E-state index contributed by atoms with van der Waals surface area (Å²) in [5, 5.41) is 9.29. The summed E-state index contributed by atoms with van der Waals surface area (Å²) in [6.45, 7) is 5.13. The van der Waals surface area contributed by atoms with Crippen LogP contribution in [-0.2, 0) is 4.79 Å². The highest BCUT2D eigenvalue weighted by Crippen LogP contribution is 2.25. The third-order valence-electron chi connectivity index (χ3n) is 3.40. The maximum atomic E-state index is 11.3. The maximum Gasteiger partial charge on any atom is 0.328 e. The average Bonchev–Trinajstić information content (AvgIpc) is 2.36. The summed E-state index contributed by atoms with van der Waals surface area (Å²) in [4.78, 5) is 22.0. The monoisotopic (exact) mass is 259 g/mol. The van der Waals surface area contributed by atoms with E-state index in [4.69, 9.17) is 0 Å². The minimum atomic E-state index is -1.04. The van der Waals surface area contributed by atoms with Gasteiger partial charge in [-0.05, 0) is 32.9 Å². The van der Waals surface area contributed by atoms with Gasteiger partial charge in [-0.15, -0.1) is 0 Å². The van der Waals surface area contributed by atoms with Gasteiger partial charge in [0.2, 0.25) is 0 Å². The van der Waals surface area contributed by atoms with E-state index < -0.39 is 11.5 Å². The molecule has 0 saturated carbocycles. The minimum absolute atomic E-state index is 0.589. The highest BCUT2D eigenvalue weighted by Gasteiger charge is 2.34. The van der Waals surface area contributed by atoms with Gasteiger partial charge in [0.25, 0.3) is 0 Å². The fourth-order valence-electron chi connectivity index (χ4n) is 1.80. The number of aliphatic carboxylic acids is 1. The molecule has 0 saturated heterocycles. The second-order valence-electron chi connectivity index (χ2n) is 5.04. The topological polar surface area (TPSA) is 66.3 Å². The highest BCUT2D eigenvalue weighted by molar-refractivity contribution is 5.83. The van der Waals surface area contributed by atoms with E-state index in [2.05, 4.69) is 9.97 Å². The molecule has 0 amide bonds. The van der Waals surface area contributed by atoms with Crippen LogP contribution >= 0.6 is 0 Å². The van der Waals surface area contributed by atoms with E-state index in [1.165, 1.54) is 0 Å². The zero-order valence-electron chi connectivity index (χ0n) is 11.5. The molecule has 0 fully saturated rings. The number of nitrogens with zero attached hydrogens (tertiary/aromatic N) is 3. The smallest absolute Gasteiger partial charge is 0.328 e. The fraction of sp³-hybridized carbons (Fsp3) is 0.357. The molecule has 1 aromatic carbocycles. The van der Waals surface area contributed by atoms with Crippen LogP contribution in [0.15, 0.2) is 24.3 Å². The van der Waals surface area contributed by atoms with Gasteiger partial charge in [-0.25, -0.2) is 14.8 Å². The molecule has 100 valence electrons. The lowest BCUT2D eigenvalue weighted by Gasteiger charge is -2.33. The Labute approximate surface area is 111 Å². The molecular formula is C14H17N3O2. The number of anilines is 1. The van der Waals surface area contributed by atoms with Crippen LogP contribution in [0.25, 0.3) is 11.0 Å². The third kappa shape index (κ3) is 2.23. The van der Waals surface area contributed by atoms with Gasteiger partial charge in [-0.3, -0.25) is 0 Å². The van der Waals surface area contributed by atoms with Crippen LogP contribution in [0.1, 0.15) is 19.5 Å². The Bertz CT molecular complexity index is 638. The van der Waals surface area contributed by atoms with Crippen LogP contribution < -0.4 is 4.90 Å². The molecule has 2 aromatic rings. The van der Waals surface area contributed by atoms with Gasteiger partial charge in [-0.2, -0.15) is 0 Å². The lowest BCUT2D eigenvalue weighted by Crippen LogP contribution is -2.48. The predicted molar refractivity (Wildman–Crippen MR) is 74.4 cm³/mol. The quantitative estimate of drug-likeness (QED) is 0.915.